The fraction of sp³-hybridized carbons (Fsp3) is 0.136. The third-order valence-electron chi connectivity index (χ3n) is 5.99. The quantitative estimate of drug-likeness (QED) is 0.390. The molecule has 4 aromatic rings. The SMILES string of the molecule is CN1C(=O)Cc2cc(S(=O)(=O)Nc3ccc(F)c(-n4c(=O)c5cnc(N)nc5n(C)c4=O)c3F)ccc21. The van der Waals surface area contributed by atoms with Crippen molar-refractivity contribution in [3.63, 3.8) is 0 Å². The van der Waals surface area contributed by atoms with Crippen LogP contribution in [-0.2, 0) is 28.3 Å². The lowest BCUT2D eigenvalue weighted by molar-refractivity contribution is -0.117. The lowest BCUT2D eigenvalue weighted by Gasteiger charge is -2.15. The minimum atomic E-state index is -4.42. The molecular formula is C22H17F2N7O5S. The predicted molar refractivity (Wildman–Crippen MR) is 129 cm³/mol. The van der Waals surface area contributed by atoms with Crippen LogP contribution in [0.2, 0.25) is 0 Å². The molecule has 0 spiro atoms. The summed E-state index contributed by atoms with van der Waals surface area (Å²) in [4.78, 5) is 46.5. The lowest BCUT2D eigenvalue weighted by Crippen LogP contribution is -2.39. The molecule has 5 rings (SSSR count). The number of hydrogen-bond donors (Lipinski definition) is 2. The summed E-state index contributed by atoms with van der Waals surface area (Å²) >= 11 is 0. The Bertz CT molecular complexity index is 1890. The Kier molecular flexibility index (Phi) is 5.33. The van der Waals surface area contributed by atoms with Gasteiger partial charge in [0.25, 0.3) is 15.6 Å². The number of benzene rings is 2. The summed E-state index contributed by atoms with van der Waals surface area (Å²) < 4.78 is 59.5. The molecule has 0 atom stereocenters. The molecule has 3 heterocycles. The second kappa shape index (κ2) is 8.19. The van der Waals surface area contributed by atoms with Crippen molar-refractivity contribution < 1.29 is 22.0 Å². The Balaban J connectivity index is 1.63. The van der Waals surface area contributed by atoms with Gasteiger partial charge in [-0.2, -0.15) is 4.98 Å². The molecule has 0 saturated carbocycles. The number of aryl methyl sites for hydroxylation is 1. The van der Waals surface area contributed by atoms with E-state index >= 15 is 4.39 Å². The van der Waals surface area contributed by atoms with E-state index in [1.807, 2.05) is 4.72 Å². The summed E-state index contributed by atoms with van der Waals surface area (Å²) in [6, 6.07) is 5.47. The van der Waals surface area contributed by atoms with Crippen LogP contribution >= 0.6 is 0 Å². The maximum absolute atomic E-state index is 15.6. The van der Waals surface area contributed by atoms with Crippen molar-refractivity contribution in [3.8, 4) is 5.69 Å². The Hall–Kier alpha value is -4.66. The zero-order valence-electron chi connectivity index (χ0n) is 19.2. The number of hydrogen-bond acceptors (Lipinski definition) is 8. The van der Waals surface area contributed by atoms with Crippen molar-refractivity contribution in [1.29, 1.82) is 0 Å². The number of aromatic nitrogens is 4. The van der Waals surface area contributed by atoms with Crippen LogP contribution in [0, 0.1) is 11.6 Å². The van der Waals surface area contributed by atoms with Crippen molar-refractivity contribution in [3.05, 3.63) is 74.6 Å². The first-order chi connectivity index (χ1) is 17.4. The number of rotatable bonds is 4. The summed E-state index contributed by atoms with van der Waals surface area (Å²) in [5.74, 6) is -3.25. The van der Waals surface area contributed by atoms with E-state index in [1.54, 1.807) is 7.05 Å². The third-order valence-corrected chi connectivity index (χ3v) is 7.35. The zero-order chi connectivity index (χ0) is 26.8. The van der Waals surface area contributed by atoms with E-state index in [4.69, 9.17) is 5.73 Å². The van der Waals surface area contributed by atoms with Crippen molar-refractivity contribution in [2.45, 2.75) is 11.3 Å². The highest BCUT2D eigenvalue weighted by atomic mass is 32.2. The van der Waals surface area contributed by atoms with Crippen LogP contribution in [0.4, 0.5) is 26.1 Å². The van der Waals surface area contributed by atoms with E-state index in [0.29, 0.717) is 17.3 Å². The fourth-order valence-corrected chi connectivity index (χ4v) is 5.19. The zero-order valence-corrected chi connectivity index (χ0v) is 20.0. The van der Waals surface area contributed by atoms with Crippen LogP contribution in [0.3, 0.4) is 0 Å². The Morgan fingerprint density at radius 2 is 1.81 bits per heavy atom. The van der Waals surface area contributed by atoms with Gasteiger partial charge in [-0.25, -0.2) is 31.5 Å². The van der Waals surface area contributed by atoms with Gasteiger partial charge in [0, 0.05) is 26.0 Å². The summed E-state index contributed by atoms with van der Waals surface area (Å²) in [6.45, 7) is 0. The predicted octanol–water partition coefficient (Wildman–Crippen LogP) is 0.659. The number of nitrogens with two attached hydrogens (primary N) is 1. The Morgan fingerprint density at radius 3 is 2.54 bits per heavy atom. The number of nitrogens with zero attached hydrogens (tertiary/aromatic N) is 5. The summed E-state index contributed by atoms with van der Waals surface area (Å²) in [5.41, 5.74) is 2.26. The van der Waals surface area contributed by atoms with Crippen LogP contribution in [0.1, 0.15) is 5.56 Å². The van der Waals surface area contributed by atoms with Gasteiger partial charge in [-0.3, -0.25) is 18.9 Å². The molecule has 1 aliphatic rings. The number of likely N-dealkylation sites (N-methyl/N-ethyl adjacent to an activating group) is 1. The second-order valence-corrected chi connectivity index (χ2v) is 9.91. The van der Waals surface area contributed by atoms with Gasteiger partial charge in [0.05, 0.1) is 17.0 Å². The minimum absolute atomic E-state index is 0.00616. The van der Waals surface area contributed by atoms with Crippen molar-refractivity contribution in [2.75, 3.05) is 22.4 Å². The third kappa shape index (κ3) is 3.70. The van der Waals surface area contributed by atoms with Crippen molar-refractivity contribution >= 4 is 44.3 Å². The van der Waals surface area contributed by atoms with E-state index in [-0.39, 0.29) is 38.8 Å². The second-order valence-electron chi connectivity index (χ2n) is 8.23. The van der Waals surface area contributed by atoms with E-state index in [1.165, 1.54) is 30.1 Å². The van der Waals surface area contributed by atoms with E-state index < -0.39 is 44.3 Å². The number of halogens is 2. The van der Waals surface area contributed by atoms with Gasteiger partial charge in [-0.1, -0.05) is 0 Å². The number of nitrogen functional groups attached to an aromatic ring is 1. The molecule has 2 aromatic carbocycles. The van der Waals surface area contributed by atoms with E-state index in [0.717, 1.165) is 16.8 Å². The minimum Gasteiger partial charge on any atom is -0.368 e. The molecule has 0 radical (unpaired) electrons. The lowest BCUT2D eigenvalue weighted by atomic mass is 10.2. The molecule has 0 saturated heterocycles. The van der Waals surface area contributed by atoms with Crippen molar-refractivity contribution in [1.82, 2.24) is 19.1 Å². The van der Waals surface area contributed by atoms with Crippen LogP contribution in [0.25, 0.3) is 16.7 Å². The van der Waals surface area contributed by atoms with Crippen LogP contribution in [0.15, 0.2) is 51.0 Å². The Morgan fingerprint density at radius 1 is 1.08 bits per heavy atom. The van der Waals surface area contributed by atoms with Gasteiger partial charge in [0.15, 0.2) is 17.3 Å². The Labute approximate surface area is 206 Å². The fourth-order valence-electron chi connectivity index (χ4n) is 4.08. The first-order valence-corrected chi connectivity index (χ1v) is 12.0. The molecule has 1 amide bonds. The molecule has 1 aliphatic heterocycles. The first-order valence-electron chi connectivity index (χ1n) is 10.6. The van der Waals surface area contributed by atoms with Gasteiger partial charge in [0.2, 0.25) is 11.9 Å². The van der Waals surface area contributed by atoms with E-state index in [2.05, 4.69) is 9.97 Å². The molecule has 12 nitrogen and oxygen atoms in total. The van der Waals surface area contributed by atoms with Crippen LogP contribution < -0.4 is 26.6 Å². The number of carbonyl (C=O) groups is 1. The van der Waals surface area contributed by atoms with Gasteiger partial charge in [-0.15, -0.1) is 0 Å². The molecule has 0 aliphatic carbocycles. The maximum Gasteiger partial charge on any atom is 0.337 e. The van der Waals surface area contributed by atoms with E-state index in [9.17, 15) is 27.2 Å². The summed E-state index contributed by atoms with van der Waals surface area (Å²) in [5, 5.41) is -0.251. The molecule has 2 aromatic heterocycles. The number of carbonyl (C=O) groups excluding carboxylic acids is 1. The standard InChI is InChI=1S/C22H17F2N7O5S/c1-29-15-6-3-11(7-10(15)8-16(29)32)37(35,36)28-14-5-4-13(23)18(17(14)24)31-20(33)12-9-26-21(25)27-19(12)30(2)22(31)34/h3-7,9,28H,8H2,1-2H3,(H2,25,26,27). The smallest absolute Gasteiger partial charge is 0.337 e. The highest BCUT2D eigenvalue weighted by Crippen LogP contribution is 2.31. The number of anilines is 3. The topological polar surface area (TPSA) is 162 Å². The summed E-state index contributed by atoms with van der Waals surface area (Å²) in [7, 11) is -1.65. The normalized spacial score (nSPS) is 13.3. The van der Waals surface area contributed by atoms with Gasteiger partial charge < -0.3 is 10.6 Å². The molecule has 15 heteroatoms. The molecule has 190 valence electrons. The number of fused-ring (bicyclic) bond motifs is 2. The molecule has 3 N–H and O–H groups in total. The summed E-state index contributed by atoms with van der Waals surface area (Å²) in [6.07, 6.45) is 1.00. The molecule has 0 bridgehead atoms. The van der Waals surface area contributed by atoms with Crippen LogP contribution in [-0.4, -0.2) is 40.5 Å². The van der Waals surface area contributed by atoms with Gasteiger partial charge >= 0.3 is 5.69 Å². The average Bonchev–Trinajstić information content (AvgIpc) is 3.14. The highest BCUT2D eigenvalue weighted by Gasteiger charge is 2.28. The van der Waals surface area contributed by atoms with Gasteiger partial charge in [-0.05, 0) is 35.9 Å². The number of nitrogens with one attached hydrogen (secondary N) is 1. The van der Waals surface area contributed by atoms with Crippen molar-refractivity contribution in [2.24, 2.45) is 7.05 Å². The monoisotopic (exact) mass is 529 g/mol. The average molecular weight is 529 g/mol. The largest absolute Gasteiger partial charge is 0.368 e. The number of amides is 1. The maximum atomic E-state index is 15.6. The first kappa shape index (κ1) is 24.1. The van der Waals surface area contributed by atoms with Gasteiger partial charge in [0.1, 0.15) is 11.1 Å². The van der Waals surface area contributed by atoms with Crippen LogP contribution in [0.5, 0.6) is 0 Å². The molecular weight excluding hydrogens is 512 g/mol. The number of sulfonamides is 1. The molecule has 0 unspecified atom stereocenters. The highest BCUT2D eigenvalue weighted by molar-refractivity contribution is 7.92. The molecule has 37 heavy (non-hydrogen) atoms. The molecule has 0 fully saturated rings.